The number of nitrogens with zero attached hydrogens (tertiary/aromatic N) is 1. The molecule has 0 aliphatic carbocycles. The number of aliphatic hydroxyl groups is 1. The van der Waals surface area contributed by atoms with Crippen molar-refractivity contribution in [1.82, 2.24) is 0 Å². The fourth-order valence-electron chi connectivity index (χ4n) is 1.36. The first-order valence-corrected chi connectivity index (χ1v) is 6.48. The van der Waals surface area contributed by atoms with Gasteiger partial charge in [-0.05, 0) is 51.4 Å². The van der Waals surface area contributed by atoms with Crippen molar-refractivity contribution in [2.45, 2.75) is 38.9 Å². The van der Waals surface area contributed by atoms with Gasteiger partial charge in [0.15, 0.2) is 0 Å². The second kappa shape index (κ2) is 6.29. The predicted octanol–water partition coefficient (Wildman–Crippen LogP) is 1.16. The van der Waals surface area contributed by atoms with Crippen molar-refractivity contribution < 1.29 is 19.3 Å². The third-order valence-electron chi connectivity index (χ3n) is 3.55. The average molecular weight is 288 g/mol. The van der Waals surface area contributed by atoms with Crippen molar-refractivity contribution in [3.8, 4) is 6.07 Å². The van der Waals surface area contributed by atoms with Crippen molar-refractivity contribution in [3.05, 3.63) is 29.3 Å². The van der Waals surface area contributed by atoms with Gasteiger partial charge in [-0.25, -0.2) is 4.79 Å². The Balaban J connectivity index is 3.02. The third kappa shape index (κ3) is 4.07. The van der Waals surface area contributed by atoms with Crippen LogP contribution in [-0.4, -0.2) is 36.9 Å². The van der Waals surface area contributed by atoms with Gasteiger partial charge in [0.1, 0.15) is 0 Å². The van der Waals surface area contributed by atoms with Crippen LogP contribution >= 0.6 is 0 Å². The third-order valence-corrected chi connectivity index (χ3v) is 3.55. The lowest BCUT2D eigenvalue weighted by Gasteiger charge is -2.37. The second-order valence-electron chi connectivity index (χ2n) is 5.71. The van der Waals surface area contributed by atoms with E-state index in [-0.39, 0.29) is 0 Å². The highest BCUT2D eigenvalue weighted by Gasteiger charge is 2.36. The summed E-state index contributed by atoms with van der Waals surface area (Å²) < 4.78 is 10.3. The topological polar surface area (TPSA) is 79.6 Å². The SMILES string of the molecule is COC(=O)c1ccc(C#N)c([B]OC(C)(C)C(C)(C)O)c1. The number of rotatable bonds is 5. The van der Waals surface area contributed by atoms with Gasteiger partial charge in [-0.2, -0.15) is 5.26 Å². The largest absolute Gasteiger partial charge is 0.465 e. The zero-order chi connectivity index (χ0) is 16.3. The van der Waals surface area contributed by atoms with Gasteiger partial charge in [0.2, 0.25) is 0 Å². The monoisotopic (exact) mass is 288 g/mol. The summed E-state index contributed by atoms with van der Waals surface area (Å²) in [5.74, 6) is -0.490. The minimum Gasteiger partial charge on any atom is -0.465 e. The Kier molecular flexibility index (Phi) is 5.16. The van der Waals surface area contributed by atoms with Crippen LogP contribution in [0.2, 0.25) is 0 Å². The Morgan fingerprint density at radius 2 is 1.95 bits per heavy atom. The molecule has 1 radical (unpaired) electrons. The Labute approximate surface area is 125 Å². The van der Waals surface area contributed by atoms with Crippen molar-refractivity contribution in [3.63, 3.8) is 0 Å². The van der Waals surface area contributed by atoms with Crippen molar-refractivity contribution in [2.75, 3.05) is 7.11 Å². The van der Waals surface area contributed by atoms with Gasteiger partial charge in [-0.1, -0.05) is 0 Å². The number of carbonyl (C=O) groups excluding carboxylic acids is 1. The van der Waals surface area contributed by atoms with Crippen LogP contribution in [0.5, 0.6) is 0 Å². The minimum absolute atomic E-state index is 0.326. The summed E-state index contributed by atoms with van der Waals surface area (Å²) in [7, 11) is 2.67. The summed E-state index contributed by atoms with van der Waals surface area (Å²) in [6.45, 7) is 6.74. The van der Waals surface area contributed by atoms with Gasteiger partial charge in [0, 0.05) is 5.56 Å². The second-order valence-corrected chi connectivity index (χ2v) is 5.71. The van der Waals surface area contributed by atoms with E-state index < -0.39 is 17.2 Å². The molecule has 0 unspecified atom stereocenters. The standard InChI is InChI=1S/C15H19BNO4/c1-14(2,19)15(3,4)21-16-12-8-10(13(18)20-5)6-7-11(12)9-17/h6-8,19H,1-5H3. The quantitative estimate of drug-likeness (QED) is 0.649. The first-order valence-electron chi connectivity index (χ1n) is 6.48. The molecule has 0 aromatic heterocycles. The average Bonchev–Trinajstić information content (AvgIpc) is 2.42. The lowest BCUT2D eigenvalue weighted by atomic mass is 9.80. The highest BCUT2D eigenvalue weighted by atomic mass is 16.5. The van der Waals surface area contributed by atoms with Crippen LogP contribution in [0.4, 0.5) is 0 Å². The van der Waals surface area contributed by atoms with Gasteiger partial charge in [0.05, 0.1) is 29.9 Å². The predicted molar refractivity (Wildman–Crippen MR) is 79.3 cm³/mol. The van der Waals surface area contributed by atoms with Crippen LogP contribution < -0.4 is 5.46 Å². The maximum Gasteiger partial charge on any atom is 0.337 e. The normalized spacial score (nSPS) is 11.7. The number of carbonyl (C=O) groups is 1. The molecule has 0 amide bonds. The van der Waals surface area contributed by atoms with E-state index in [0.29, 0.717) is 16.6 Å². The number of ether oxygens (including phenoxy) is 1. The van der Waals surface area contributed by atoms with E-state index in [1.54, 1.807) is 27.7 Å². The van der Waals surface area contributed by atoms with E-state index >= 15 is 0 Å². The molecule has 0 atom stereocenters. The van der Waals surface area contributed by atoms with Crippen LogP contribution in [0.15, 0.2) is 18.2 Å². The van der Waals surface area contributed by atoms with Crippen LogP contribution in [0, 0.1) is 11.3 Å². The van der Waals surface area contributed by atoms with Gasteiger partial charge in [0.25, 0.3) is 0 Å². The first-order chi connectivity index (χ1) is 9.62. The van der Waals surface area contributed by atoms with E-state index in [4.69, 9.17) is 9.92 Å². The molecular weight excluding hydrogens is 269 g/mol. The zero-order valence-electron chi connectivity index (χ0n) is 12.9. The Morgan fingerprint density at radius 1 is 1.33 bits per heavy atom. The number of esters is 1. The van der Waals surface area contributed by atoms with E-state index in [9.17, 15) is 9.90 Å². The molecular formula is C15H19BNO4. The molecule has 0 aliphatic heterocycles. The number of methoxy groups -OCH3 is 1. The summed E-state index contributed by atoms with van der Waals surface area (Å²) >= 11 is 0. The van der Waals surface area contributed by atoms with E-state index in [2.05, 4.69) is 4.74 Å². The first kappa shape index (κ1) is 17.2. The highest BCUT2D eigenvalue weighted by Crippen LogP contribution is 2.24. The maximum absolute atomic E-state index is 11.5. The van der Waals surface area contributed by atoms with Gasteiger partial charge in [-0.3, -0.25) is 0 Å². The lowest BCUT2D eigenvalue weighted by molar-refractivity contribution is -0.0893. The summed E-state index contributed by atoms with van der Waals surface area (Å²) in [4.78, 5) is 11.5. The van der Waals surface area contributed by atoms with Crippen LogP contribution in [0.3, 0.4) is 0 Å². The van der Waals surface area contributed by atoms with E-state index in [0.717, 1.165) is 0 Å². The van der Waals surface area contributed by atoms with Crippen molar-refractivity contribution in [2.24, 2.45) is 0 Å². The number of hydrogen-bond acceptors (Lipinski definition) is 5. The summed E-state index contributed by atoms with van der Waals surface area (Å²) in [6, 6.07) is 6.59. The van der Waals surface area contributed by atoms with Crippen molar-refractivity contribution in [1.29, 1.82) is 5.26 Å². The van der Waals surface area contributed by atoms with Gasteiger partial charge >= 0.3 is 13.5 Å². The van der Waals surface area contributed by atoms with Crippen molar-refractivity contribution >= 4 is 18.9 Å². The molecule has 111 valence electrons. The zero-order valence-corrected chi connectivity index (χ0v) is 12.9. The molecule has 0 spiro atoms. The summed E-state index contributed by atoms with van der Waals surface area (Å²) in [5.41, 5.74) is -0.781. The molecule has 21 heavy (non-hydrogen) atoms. The summed E-state index contributed by atoms with van der Waals surface area (Å²) in [6.07, 6.45) is 0. The van der Waals surface area contributed by atoms with Crippen LogP contribution in [-0.2, 0) is 9.39 Å². The van der Waals surface area contributed by atoms with Gasteiger partial charge in [-0.15, -0.1) is 0 Å². The fourth-order valence-corrected chi connectivity index (χ4v) is 1.36. The maximum atomic E-state index is 11.5. The van der Waals surface area contributed by atoms with Gasteiger partial charge < -0.3 is 14.5 Å². The Hall–Kier alpha value is -1.84. The molecule has 0 saturated carbocycles. The molecule has 0 saturated heterocycles. The molecule has 6 heteroatoms. The number of hydrogen-bond donors (Lipinski definition) is 1. The minimum atomic E-state index is -1.07. The Bertz CT molecular complexity index is 570. The number of nitriles is 1. The molecule has 1 aromatic rings. The molecule has 0 aliphatic rings. The smallest absolute Gasteiger partial charge is 0.337 e. The molecule has 0 fully saturated rings. The molecule has 5 nitrogen and oxygen atoms in total. The highest BCUT2D eigenvalue weighted by molar-refractivity contribution is 6.48. The van der Waals surface area contributed by atoms with Crippen LogP contribution in [0.25, 0.3) is 0 Å². The summed E-state index contributed by atoms with van der Waals surface area (Å²) in [5, 5.41) is 19.1. The molecule has 1 aromatic carbocycles. The van der Waals surface area contributed by atoms with Crippen LogP contribution in [0.1, 0.15) is 43.6 Å². The molecule has 1 N–H and O–H groups in total. The molecule has 0 heterocycles. The number of benzene rings is 1. The van der Waals surface area contributed by atoms with E-state index in [1.807, 2.05) is 6.07 Å². The fraction of sp³-hybridized carbons (Fsp3) is 0.467. The lowest BCUT2D eigenvalue weighted by Crippen LogP contribution is -2.49. The molecule has 0 bridgehead atoms. The Morgan fingerprint density at radius 3 is 2.43 bits per heavy atom. The molecule has 1 rings (SSSR count). The van der Waals surface area contributed by atoms with E-state index in [1.165, 1.54) is 32.8 Å².